The van der Waals surface area contributed by atoms with Crippen LogP contribution in [0.1, 0.15) is 0 Å². The van der Waals surface area contributed by atoms with Crippen LogP contribution in [0.15, 0.2) is 16.6 Å². The van der Waals surface area contributed by atoms with Crippen molar-refractivity contribution in [2.24, 2.45) is 0 Å². The first-order chi connectivity index (χ1) is 5.15. The van der Waals surface area contributed by atoms with E-state index in [0.717, 1.165) is 12.1 Å². The van der Waals surface area contributed by atoms with Crippen molar-refractivity contribution >= 4 is 36.0 Å². The van der Waals surface area contributed by atoms with E-state index in [1.807, 2.05) is 0 Å². The predicted molar refractivity (Wildman–Crippen MR) is 40.1 cm³/mol. The van der Waals surface area contributed by atoms with Crippen LogP contribution in [-0.4, -0.2) is 15.7 Å². The number of hydrogen-bond donors (Lipinski definition) is 0. The van der Waals surface area contributed by atoms with Gasteiger partial charge in [-0.2, -0.15) is 0 Å². The molecule has 0 heterocycles. The second kappa shape index (κ2) is 3.54. The first kappa shape index (κ1) is 9.01. The summed E-state index contributed by atoms with van der Waals surface area (Å²) in [5.41, 5.74) is 0. The minimum absolute atomic E-state index is 0.0494. The van der Waals surface area contributed by atoms with Gasteiger partial charge in [-0.3, -0.25) is 0 Å². The molecule has 0 bridgehead atoms. The fourth-order valence-corrected chi connectivity index (χ4v) is 1.56. The van der Waals surface area contributed by atoms with Gasteiger partial charge in [0.2, 0.25) is 0 Å². The molecule has 0 aliphatic rings. The number of hydrogen-bond acceptors (Lipinski definition) is 1. The van der Waals surface area contributed by atoms with E-state index in [9.17, 15) is 12.5 Å². The van der Waals surface area contributed by atoms with Crippen molar-refractivity contribution in [1.82, 2.24) is 0 Å². The van der Waals surface area contributed by atoms with Crippen LogP contribution >= 0.6 is 15.9 Å². The molecule has 1 aromatic carbocycles. The van der Waals surface area contributed by atoms with E-state index in [-0.39, 0.29) is 8.82 Å². The summed E-state index contributed by atoms with van der Waals surface area (Å²) in [6.45, 7) is 0. The Labute approximate surface area is 76.8 Å². The van der Waals surface area contributed by atoms with Crippen molar-refractivity contribution in [3.63, 3.8) is 0 Å². The van der Waals surface area contributed by atoms with Crippen molar-refractivity contribution in [1.29, 1.82) is 0 Å². The Morgan fingerprint density at radius 1 is 1.27 bits per heavy atom. The van der Waals surface area contributed by atoms with Crippen LogP contribution in [0.5, 0.6) is 0 Å². The van der Waals surface area contributed by atoms with E-state index in [2.05, 4.69) is 15.9 Å². The molecule has 0 spiro atoms. The molecule has 1 aromatic rings. The molecular formula is C6H2AsBrF2O. The molecule has 0 atom stereocenters. The molecule has 0 unspecified atom stereocenters. The molecule has 0 saturated carbocycles. The summed E-state index contributed by atoms with van der Waals surface area (Å²) in [5.74, 6) is -1.22. The number of rotatable bonds is 1. The van der Waals surface area contributed by atoms with Crippen LogP contribution in [0, 0.1) is 11.6 Å². The van der Waals surface area contributed by atoms with E-state index >= 15 is 0 Å². The van der Waals surface area contributed by atoms with Crippen LogP contribution in [0.25, 0.3) is 0 Å². The average molecular weight is 283 g/mol. The third kappa shape index (κ3) is 1.94. The molecule has 11 heavy (non-hydrogen) atoms. The van der Waals surface area contributed by atoms with E-state index in [0.29, 0.717) is 0 Å². The standard InChI is InChI=1S/C6H2AsBrF2O/c8-4-2-5(9)3(7-11)1-6(4)10/h1-2H. The third-order valence-corrected chi connectivity index (χ3v) is 2.83. The molecular weight excluding hydrogens is 281 g/mol. The SMILES string of the molecule is O=[As]c1cc(F)c(Br)cc1F. The van der Waals surface area contributed by atoms with E-state index in [1.165, 1.54) is 0 Å². The molecule has 58 valence electrons. The summed E-state index contributed by atoms with van der Waals surface area (Å²) in [7, 11) is 0. The van der Waals surface area contributed by atoms with Crippen molar-refractivity contribution in [2.45, 2.75) is 0 Å². The second-order valence-electron chi connectivity index (χ2n) is 1.81. The van der Waals surface area contributed by atoms with Gasteiger partial charge < -0.3 is 0 Å². The number of benzene rings is 1. The van der Waals surface area contributed by atoms with Gasteiger partial charge in [0.25, 0.3) is 0 Å². The van der Waals surface area contributed by atoms with Crippen molar-refractivity contribution < 1.29 is 12.5 Å². The van der Waals surface area contributed by atoms with Crippen LogP contribution < -0.4 is 4.35 Å². The van der Waals surface area contributed by atoms with Crippen molar-refractivity contribution in [3.05, 3.63) is 28.2 Å². The fraction of sp³-hybridized carbons (Fsp3) is 0. The third-order valence-electron chi connectivity index (χ3n) is 1.09. The second-order valence-corrected chi connectivity index (χ2v) is 4.06. The zero-order valence-corrected chi connectivity index (χ0v) is 8.61. The zero-order valence-electron chi connectivity index (χ0n) is 5.14. The molecule has 1 rings (SSSR count). The summed E-state index contributed by atoms with van der Waals surface area (Å²) in [6, 6.07) is 1.91. The summed E-state index contributed by atoms with van der Waals surface area (Å²) in [4.78, 5) is 0. The summed E-state index contributed by atoms with van der Waals surface area (Å²) >= 11 is 1.31. The van der Waals surface area contributed by atoms with Gasteiger partial charge in [-0.05, 0) is 0 Å². The van der Waals surface area contributed by atoms with Crippen LogP contribution in [-0.2, 0) is 3.74 Å². The molecule has 0 aliphatic heterocycles. The Morgan fingerprint density at radius 2 is 1.91 bits per heavy atom. The number of halogens is 3. The van der Waals surface area contributed by atoms with Gasteiger partial charge in [0.15, 0.2) is 0 Å². The molecule has 5 heteroatoms. The summed E-state index contributed by atoms with van der Waals surface area (Å²) in [5, 5.41) is 0. The van der Waals surface area contributed by atoms with Crippen LogP contribution in [0.4, 0.5) is 8.78 Å². The maximum atomic E-state index is 12.7. The molecule has 0 aliphatic carbocycles. The Bertz CT molecular complexity index is 303. The summed E-state index contributed by atoms with van der Waals surface area (Å²) < 4.78 is 35.5. The molecule has 0 N–H and O–H groups in total. The van der Waals surface area contributed by atoms with Gasteiger partial charge in [-0.15, -0.1) is 0 Å². The normalized spacial score (nSPS) is 10.5. The van der Waals surface area contributed by atoms with E-state index in [4.69, 9.17) is 0 Å². The average Bonchev–Trinajstić information content (AvgIpc) is 1.97. The van der Waals surface area contributed by atoms with Gasteiger partial charge in [0.1, 0.15) is 0 Å². The minimum atomic E-state index is -1.50. The first-order valence-electron chi connectivity index (χ1n) is 2.63. The molecule has 0 amide bonds. The monoisotopic (exact) mass is 282 g/mol. The van der Waals surface area contributed by atoms with Gasteiger partial charge in [-0.25, -0.2) is 0 Å². The molecule has 0 fully saturated rings. The van der Waals surface area contributed by atoms with Crippen LogP contribution in [0.3, 0.4) is 0 Å². The van der Waals surface area contributed by atoms with Gasteiger partial charge in [0.05, 0.1) is 0 Å². The Kier molecular flexibility index (Phi) is 2.90. The van der Waals surface area contributed by atoms with Gasteiger partial charge >= 0.3 is 76.7 Å². The first-order valence-corrected chi connectivity index (χ1v) is 5.13. The Morgan fingerprint density at radius 3 is 2.45 bits per heavy atom. The maximum absolute atomic E-state index is 12.7. The Hall–Kier alpha value is -0.0816. The zero-order chi connectivity index (χ0) is 8.43. The molecule has 0 saturated heterocycles. The van der Waals surface area contributed by atoms with Gasteiger partial charge in [0, 0.05) is 0 Å². The summed E-state index contributed by atoms with van der Waals surface area (Å²) in [6.07, 6.45) is 0. The quantitative estimate of drug-likeness (QED) is 0.562. The molecule has 0 radical (unpaired) electrons. The van der Waals surface area contributed by atoms with E-state index < -0.39 is 27.3 Å². The van der Waals surface area contributed by atoms with Gasteiger partial charge in [-0.1, -0.05) is 0 Å². The predicted octanol–water partition coefficient (Wildman–Crippen LogP) is 1.40. The van der Waals surface area contributed by atoms with Crippen molar-refractivity contribution in [3.8, 4) is 0 Å². The Balaban J connectivity index is 3.31. The van der Waals surface area contributed by atoms with Crippen LogP contribution in [0.2, 0.25) is 0 Å². The van der Waals surface area contributed by atoms with Crippen molar-refractivity contribution in [2.75, 3.05) is 0 Å². The van der Waals surface area contributed by atoms with E-state index in [1.54, 1.807) is 0 Å². The molecule has 0 aromatic heterocycles. The topological polar surface area (TPSA) is 17.1 Å². The molecule has 1 nitrogen and oxygen atoms in total. The fourth-order valence-electron chi connectivity index (χ4n) is 0.582.